The molecule has 0 N–H and O–H groups in total. The van der Waals surface area contributed by atoms with E-state index in [0.717, 1.165) is 89.9 Å². The Morgan fingerprint density at radius 3 is 0.970 bits per heavy atom. The molecule has 0 saturated carbocycles. The molecule has 0 fully saturated rings. The van der Waals surface area contributed by atoms with Crippen molar-refractivity contribution in [2.24, 2.45) is 0 Å². The average molecular weight is 936 g/mol. The lowest BCUT2D eigenvalue weighted by Crippen LogP contribution is -2.30. The number of hydrogen-bond donors (Lipinski definition) is 0. The van der Waals surface area contributed by atoms with E-state index in [1.54, 1.807) is 0 Å². The molecule has 386 valence electrons. The van der Waals surface area contributed by atoms with Gasteiger partial charge >= 0.3 is 17.9 Å². The summed E-state index contributed by atoms with van der Waals surface area (Å²) in [5.41, 5.74) is 0. The van der Waals surface area contributed by atoms with Gasteiger partial charge in [-0.2, -0.15) is 0 Å². The standard InChI is InChI=1S/C61H106O6/c1-4-7-10-13-16-19-22-25-27-28-29-30-31-32-34-37-40-43-46-49-52-55-61(64)67-58(56-65-59(62)53-50-47-44-41-38-35-24-21-18-15-12-9-6-3)57-66-60(63)54-51-48-45-42-39-36-33-26-23-20-17-14-11-8-5-2/h8,11,17,20-21,24-27,33,39,42,58H,4-7,9-10,12-16,18-19,22-23,28-32,34-38,40-41,43-57H2,1-3H3/b11-8-,20-17-,24-21-,27-25-,33-26-,42-39-/t58-/m0/s1. The molecule has 0 aromatic heterocycles. The molecule has 0 heterocycles. The maximum Gasteiger partial charge on any atom is 0.306 e. The second kappa shape index (κ2) is 55.4. The first-order valence-electron chi connectivity index (χ1n) is 28.4. The Morgan fingerprint density at radius 2 is 0.582 bits per heavy atom. The normalized spacial score (nSPS) is 12.6. The van der Waals surface area contributed by atoms with Crippen molar-refractivity contribution in [2.75, 3.05) is 13.2 Å². The predicted octanol–water partition coefficient (Wildman–Crippen LogP) is 19.0. The largest absolute Gasteiger partial charge is 0.462 e. The Morgan fingerprint density at radius 1 is 0.313 bits per heavy atom. The van der Waals surface area contributed by atoms with E-state index in [9.17, 15) is 14.4 Å². The SMILES string of the molecule is CC/C=C\C/C=C\C/C=C\C/C=C\CCCCC(=O)OC[C@H](COC(=O)CCCCCCC/C=C\CCCCCC)OC(=O)CCCCCCCCCCCCC/C=C\CCCCCCCC. The van der Waals surface area contributed by atoms with E-state index in [1.165, 1.54) is 148 Å². The van der Waals surface area contributed by atoms with Crippen molar-refractivity contribution in [3.63, 3.8) is 0 Å². The molecule has 0 saturated heterocycles. The van der Waals surface area contributed by atoms with Crippen molar-refractivity contribution < 1.29 is 28.6 Å². The van der Waals surface area contributed by atoms with Gasteiger partial charge in [0, 0.05) is 19.3 Å². The third-order valence-electron chi connectivity index (χ3n) is 12.2. The highest BCUT2D eigenvalue weighted by molar-refractivity contribution is 5.71. The van der Waals surface area contributed by atoms with E-state index < -0.39 is 6.10 Å². The summed E-state index contributed by atoms with van der Waals surface area (Å²) < 4.78 is 16.8. The van der Waals surface area contributed by atoms with Gasteiger partial charge in [-0.3, -0.25) is 14.4 Å². The molecule has 0 rings (SSSR count). The van der Waals surface area contributed by atoms with Gasteiger partial charge in [0.1, 0.15) is 13.2 Å². The molecule has 0 aliphatic rings. The van der Waals surface area contributed by atoms with Crippen molar-refractivity contribution in [1.29, 1.82) is 0 Å². The molecule has 0 aromatic rings. The minimum Gasteiger partial charge on any atom is -0.462 e. The van der Waals surface area contributed by atoms with Gasteiger partial charge in [-0.05, 0) is 109 Å². The van der Waals surface area contributed by atoms with Crippen LogP contribution in [0.15, 0.2) is 72.9 Å². The van der Waals surface area contributed by atoms with E-state index in [0.29, 0.717) is 19.3 Å². The zero-order valence-electron chi connectivity index (χ0n) is 44.2. The van der Waals surface area contributed by atoms with Crippen LogP contribution in [0.25, 0.3) is 0 Å². The summed E-state index contributed by atoms with van der Waals surface area (Å²) in [5.74, 6) is -0.938. The number of allylic oxidation sites excluding steroid dienone is 12. The Bertz CT molecular complexity index is 1260. The monoisotopic (exact) mass is 935 g/mol. The number of carbonyl (C=O) groups excluding carboxylic acids is 3. The first kappa shape index (κ1) is 63.8. The molecule has 0 aromatic carbocycles. The molecule has 6 heteroatoms. The van der Waals surface area contributed by atoms with Crippen LogP contribution in [0.2, 0.25) is 0 Å². The van der Waals surface area contributed by atoms with Crippen LogP contribution in [0.4, 0.5) is 0 Å². The topological polar surface area (TPSA) is 78.9 Å². The van der Waals surface area contributed by atoms with E-state index in [-0.39, 0.29) is 31.1 Å². The number of unbranched alkanes of at least 4 members (excludes halogenated alkanes) is 28. The van der Waals surface area contributed by atoms with Gasteiger partial charge in [0.25, 0.3) is 0 Å². The first-order valence-corrected chi connectivity index (χ1v) is 28.4. The summed E-state index contributed by atoms with van der Waals surface area (Å²) in [4.78, 5) is 38.1. The lowest BCUT2D eigenvalue weighted by atomic mass is 10.0. The minimum absolute atomic E-state index is 0.0924. The highest BCUT2D eigenvalue weighted by Crippen LogP contribution is 2.15. The molecule has 0 unspecified atom stereocenters. The highest BCUT2D eigenvalue weighted by Gasteiger charge is 2.19. The average Bonchev–Trinajstić information content (AvgIpc) is 3.33. The van der Waals surface area contributed by atoms with Crippen LogP contribution >= 0.6 is 0 Å². The van der Waals surface area contributed by atoms with Gasteiger partial charge in [0.15, 0.2) is 6.10 Å². The summed E-state index contributed by atoms with van der Waals surface area (Å²) in [7, 11) is 0. The number of esters is 3. The zero-order chi connectivity index (χ0) is 48.6. The molecule has 0 amide bonds. The fourth-order valence-electron chi connectivity index (χ4n) is 7.89. The summed E-state index contributed by atoms with van der Waals surface area (Å²) in [6, 6.07) is 0. The van der Waals surface area contributed by atoms with E-state index in [2.05, 4.69) is 93.7 Å². The second-order valence-corrected chi connectivity index (χ2v) is 18.8. The number of carbonyl (C=O) groups is 3. The fourth-order valence-corrected chi connectivity index (χ4v) is 7.89. The number of hydrogen-bond acceptors (Lipinski definition) is 6. The second-order valence-electron chi connectivity index (χ2n) is 18.8. The van der Waals surface area contributed by atoms with Gasteiger partial charge in [-0.25, -0.2) is 0 Å². The number of rotatable bonds is 51. The third kappa shape index (κ3) is 53.7. The van der Waals surface area contributed by atoms with Gasteiger partial charge in [-0.1, -0.05) is 222 Å². The summed E-state index contributed by atoms with van der Waals surface area (Å²) in [5, 5.41) is 0. The van der Waals surface area contributed by atoms with Crippen LogP contribution in [0, 0.1) is 0 Å². The van der Waals surface area contributed by atoms with Crippen LogP contribution in [0.5, 0.6) is 0 Å². The van der Waals surface area contributed by atoms with Crippen molar-refractivity contribution in [1.82, 2.24) is 0 Å². The van der Waals surface area contributed by atoms with Crippen molar-refractivity contribution >= 4 is 17.9 Å². The van der Waals surface area contributed by atoms with Gasteiger partial charge < -0.3 is 14.2 Å². The lowest BCUT2D eigenvalue weighted by molar-refractivity contribution is -0.167. The predicted molar refractivity (Wildman–Crippen MR) is 288 cm³/mol. The summed E-state index contributed by atoms with van der Waals surface area (Å²) in [6.07, 6.45) is 70.4. The van der Waals surface area contributed by atoms with Crippen LogP contribution in [-0.2, 0) is 28.6 Å². The van der Waals surface area contributed by atoms with Crippen molar-refractivity contribution in [2.45, 2.75) is 284 Å². The van der Waals surface area contributed by atoms with Gasteiger partial charge in [0.2, 0.25) is 0 Å². The minimum atomic E-state index is -0.796. The van der Waals surface area contributed by atoms with E-state index >= 15 is 0 Å². The maximum atomic E-state index is 12.9. The van der Waals surface area contributed by atoms with E-state index in [4.69, 9.17) is 14.2 Å². The Hall–Kier alpha value is -3.15. The highest BCUT2D eigenvalue weighted by atomic mass is 16.6. The van der Waals surface area contributed by atoms with Crippen LogP contribution in [0.3, 0.4) is 0 Å². The summed E-state index contributed by atoms with van der Waals surface area (Å²) >= 11 is 0. The third-order valence-corrected chi connectivity index (χ3v) is 12.2. The molecule has 0 aliphatic carbocycles. The smallest absolute Gasteiger partial charge is 0.306 e. The lowest BCUT2D eigenvalue weighted by Gasteiger charge is -2.18. The molecule has 6 nitrogen and oxygen atoms in total. The molecule has 1 atom stereocenters. The van der Waals surface area contributed by atoms with Crippen molar-refractivity contribution in [3.05, 3.63) is 72.9 Å². The van der Waals surface area contributed by atoms with Gasteiger partial charge in [0.05, 0.1) is 0 Å². The fraction of sp³-hybridized carbons (Fsp3) is 0.754. The molecular weight excluding hydrogens is 829 g/mol. The summed E-state index contributed by atoms with van der Waals surface area (Å²) in [6.45, 7) is 6.48. The Labute approximate surface area is 414 Å². The molecule has 0 spiro atoms. The first-order chi connectivity index (χ1) is 33.0. The van der Waals surface area contributed by atoms with Crippen LogP contribution < -0.4 is 0 Å². The zero-order valence-corrected chi connectivity index (χ0v) is 44.2. The molecule has 0 radical (unpaired) electrons. The molecular formula is C61H106O6. The quantitative estimate of drug-likeness (QED) is 0.0262. The Kier molecular flexibility index (Phi) is 52.8. The molecule has 0 aliphatic heterocycles. The molecule has 0 bridgehead atoms. The maximum absolute atomic E-state index is 12.9. The van der Waals surface area contributed by atoms with Crippen molar-refractivity contribution in [3.8, 4) is 0 Å². The van der Waals surface area contributed by atoms with Crippen LogP contribution in [-0.4, -0.2) is 37.2 Å². The number of ether oxygens (including phenoxy) is 3. The molecule has 67 heavy (non-hydrogen) atoms. The van der Waals surface area contributed by atoms with Crippen LogP contribution in [0.1, 0.15) is 278 Å². The van der Waals surface area contributed by atoms with Gasteiger partial charge in [-0.15, -0.1) is 0 Å². The van der Waals surface area contributed by atoms with E-state index in [1.807, 2.05) is 0 Å². The Balaban J connectivity index is 4.39.